The summed E-state index contributed by atoms with van der Waals surface area (Å²) in [7, 11) is 0. The van der Waals surface area contributed by atoms with Crippen LogP contribution in [-0.4, -0.2) is 59.0 Å². The van der Waals surface area contributed by atoms with Crippen molar-refractivity contribution < 1.29 is 9.47 Å². The second kappa shape index (κ2) is 11.3. The molecule has 1 fully saturated rings. The van der Waals surface area contributed by atoms with E-state index in [-0.39, 0.29) is 28.9 Å². The molecule has 194 valence electrons. The highest BCUT2D eigenvalue weighted by Crippen LogP contribution is 2.25. The van der Waals surface area contributed by atoms with Gasteiger partial charge in [-0.15, -0.1) is 0 Å². The normalized spacial score (nSPS) is 15.2. The van der Waals surface area contributed by atoms with Gasteiger partial charge >= 0.3 is 5.69 Å². The summed E-state index contributed by atoms with van der Waals surface area (Å²) in [6.45, 7) is 18.8. The number of aromatic nitrogens is 2. The Balaban J connectivity index is 1.60. The molecule has 1 aliphatic rings. The number of hydrogen-bond donors (Lipinski definition) is 0. The smallest absolute Gasteiger partial charge is 0.333 e. The number of rotatable bonds is 10. The largest absolute Gasteiger partial charge is 0.494 e. The maximum Gasteiger partial charge on any atom is 0.333 e. The molecule has 0 amide bonds. The lowest BCUT2D eigenvalue weighted by molar-refractivity contribution is 0.0820. The van der Waals surface area contributed by atoms with E-state index in [0.717, 1.165) is 56.5 Å². The SMILES string of the molecule is CCOc1ccc(OC(C)(C)CCN2CCN(c3cc(=O)n(C(C)C)c(=O)n3C(C)C)CC2)cc1. The fraction of sp³-hybridized carbons (Fsp3) is 0.630. The predicted molar refractivity (Wildman–Crippen MR) is 141 cm³/mol. The second-order valence-electron chi connectivity index (χ2n) is 10.4. The van der Waals surface area contributed by atoms with Gasteiger partial charge in [0.15, 0.2) is 0 Å². The maximum absolute atomic E-state index is 13.1. The molecule has 1 saturated heterocycles. The third kappa shape index (κ3) is 6.69. The van der Waals surface area contributed by atoms with E-state index in [1.165, 1.54) is 4.57 Å². The zero-order valence-corrected chi connectivity index (χ0v) is 22.4. The number of benzene rings is 1. The van der Waals surface area contributed by atoms with Gasteiger partial charge in [-0.05, 0) is 79.2 Å². The molecule has 0 atom stereocenters. The zero-order valence-electron chi connectivity index (χ0n) is 22.4. The van der Waals surface area contributed by atoms with Crippen molar-refractivity contribution >= 4 is 5.82 Å². The highest BCUT2D eigenvalue weighted by molar-refractivity contribution is 5.40. The first kappa shape index (κ1) is 26.9. The lowest BCUT2D eigenvalue weighted by Gasteiger charge is -2.38. The van der Waals surface area contributed by atoms with E-state index in [1.807, 2.05) is 58.9 Å². The van der Waals surface area contributed by atoms with Gasteiger partial charge in [0, 0.05) is 50.9 Å². The lowest BCUT2D eigenvalue weighted by atomic mass is 10.0. The van der Waals surface area contributed by atoms with Gasteiger partial charge in [-0.1, -0.05) is 0 Å². The predicted octanol–water partition coefficient (Wildman–Crippen LogP) is 3.94. The first-order valence-corrected chi connectivity index (χ1v) is 12.8. The zero-order chi connectivity index (χ0) is 25.8. The summed E-state index contributed by atoms with van der Waals surface area (Å²) in [4.78, 5) is 30.4. The standard InChI is InChI=1S/C27H42N4O4/c1-8-34-22-9-11-23(12-10-22)35-27(6,7)13-14-28-15-17-29(18-16-28)24-19-25(32)31(21(4)5)26(33)30(24)20(2)3/h9-12,19-21H,8,13-18H2,1-7H3. The fourth-order valence-electron chi connectivity index (χ4n) is 4.53. The minimum Gasteiger partial charge on any atom is -0.494 e. The Morgan fingerprint density at radius 2 is 1.46 bits per heavy atom. The molecule has 3 rings (SSSR count). The van der Waals surface area contributed by atoms with Crippen molar-refractivity contribution in [3.63, 3.8) is 0 Å². The monoisotopic (exact) mass is 486 g/mol. The van der Waals surface area contributed by atoms with E-state index in [2.05, 4.69) is 23.6 Å². The van der Waals surface area contributed by atoms with Gasteiger partial charge < -0.3 is 14.4 Å². The van der Waals surface area contributed by atoms with Crippen LogP contribution < -0.4 is 25.6 Å². The van der Waals surface area contributed by atoms with Crippen molar-refractivity contribution in [1.29, 1.82) is 0 Å². The molecule has 0 bridgehead atoms. The average Bonchev–Trinajstić information content (AvgIpc) is 2.78. The van der Waals surface area contributed by atoms with E-state index in [4.69, 9.17) is 9.47 Å². The van der Waals surface area contributed by atoms with Gasteiger partial charge in [0.2, 0.25) is 0 Å². The summed E-state index contributed by atoms with van der Waals surface area (Å²) < 4.78 is 14.8. The highest BCUT2D eigenvalue weighted by Gasteiger charge is 2.26. The lowest BCUT2D eigenvalue weighted by Crippen LogP contribution is -2.51. The summed E-state index contributed by atoms with van der Waals surface area (Å²) in [6, 6.07) is 9.21. The van der Waals surface area contributed by atoms with Crippen molar-refractivity contribution in [1.82, 2.24) is 14.0 Å². The Hall–Kier alpha value is -2.74. The Kier molecular flexibility index (Phi) is 8.70. The number of hydrogen-bond acceptors (Lipinski definition) is 6. The third-order valence-corrected chi connectivity index (χ3v) is 6.44. The first-order valence-electron chi connectivity index (χ1n) is 12.8. The molecule has 0 N–H and O–H groups in total. The molecular formula is C27H42N4O4. The van der Waals surface area contributed by atoms with Gasteiger partial charge in [0.25, 0.3) is 5.56 Å². The van der Waals surface area contributed by atoms with Gasteiger partial charge in [0.05, 0.1) is 6.61 Å². The number of nitrogens with zero attached hydrogens (tertiary/aromatic N) is 4. The van der Waals surface area contributed by atoms with Crippen molar-refractivity contribution in [2.24, 2.45) is 0 Å². The Labute approximate surface area is 209 Å². The van der Waals surface area contributed by atoms with E-state index in [0.29, 0.717) is 6.61 Å². The second-order valence-corrected chi connectivity index (χ2v) is 10.4. The summed E-state index contributed by atoms with van der Waals surface area (Å²) in [5.74, 6) is 2.41. The van der Waals surface area contributed by atoms with Crippen LogP contribution in [0.2, 0.25) is 0 Å². The number of piperazine rings is 1. The van der Waals surface area contributed by atoms with Crippen molar-refractivity contribution in [2.75, 3.05) is 44.2 Å². The molecule has 0 spiro atoms. The van der Waals surface area contributed by atoms with E-state index >= 15 is 0 Å². The molecule has 2 aromatic rings. The molecule has 35 heavy (non-hydrogen) atoms. The molecule has 0 saturated carbocycles. The molecule has 8 heteroatoms. The third-order valence-electron chi connectivity index (χ3n) is 6.44. The van der Waals surface area contributed by atoms with Crippen LogP contribution in [-0.2, 0) is 0 Å². The van der Waals surface area contributed by atoms with Crippen LogP contribution in [0.3, 0.4) is 0 Å². The Morgan fingerprint density at radius 1 is 0.886 bits per heavy atom. The quantitative estimate of drug-likeness (QED) is 0.507. The summed E-state index contributed by atoms with van der Waals surface area (Å²) >= 11 is 0. The van der Waals surface area contributed by atoms with Crippen molar-refractivity contribution in [3.8, 4) is 11.5 Å². The van der Waals surface area contributed by atoms with Gasteiger partial charge in [-0.3, -0.25) is 18.8 Å². The number of anilines is 1. The number of ether oxygens (including phenoxy) is 2. The van der Waals surface area contributed by atoms with Crippen LogP contribution >= 0.6 is 0 Å². The maximum atomic E-state index is 13.1. The summed E-state index contributed by atoms with van der Waals surface area (Å²) in [5, 5.41) is 0. The van der Waals surface area contributed by atoms with Crippen LogP contribution in [0.4, 0.5) is 5.82 Å². The highest BCUT2D eigenvalue weighted by atomic mass is 16.5. The molecule has 1 aromatic heterocycles. The Morgan fingerprint density at radius 3 is 2.00 bits per heavy atom. The average molecular weight is 487 g/mol. The molecule has 1 aromatic carbocycles. The molecule has 0 aliphatic carbocycles. The molecule has 8 nitrogen and oxygen atoms in total. The minimum atomic E-state index is -0.302. The van der Waals surface area contributed by atoms with E-state index < -0.39 is 0 Å². The van der Waals surface area contributed by atoms with Crippen LogP contribution in [0.25, 0.3) is 0 Å². The molecular weight excluding hydrogens is 444 g/mol. The van der Waals surface area contributed by atoms with Gasteiger partial charge in [-0.2, -0.15) is 0 Å². The van der Waals surface area contributed by atoms with E-state index in [9.17, 15) is 9.59 Å². The van der Waals surface area contributed by atoms with Crippen LogP contribution in [0.5, 0.6) is 11.5 Å². The van der Waals surface area contributed by atoms with Gasteiger partial charge in [0.1, 0.15) is 22.9 Å². The van der Waals surface area contributed by atoms with Crippen LogP contribution in [0, 0.1) is 0 Å². The Bertz CT molecular complexity index is 1080. The first-order chi connectivity index (χ1) is 16.5. The topological polar surface area (TPSA) is 68.9 Å². The molecule has 2 heterocycles. The molecule has 1 aliphatic heterocycles. The fourth-order valence-corrected chi connectivity index (χ4v) is 4.53. The minimum absolute atomic E-state index is 0.0262. The van der Waals surface area contributed by atoms with Crippen molar-refractivity contribution in [3.05, 3.63) is 51.2 Å². The van der Waals surface area contributed by atoms with Crippen LogP contribution in [0.15, 0.2) is 39.9 Å². The van der Waals surface area contributed by atoms with Gasteiger partial charge in [-0.25, -0.2) is 4.79 Å². The van der Waals surface area contributed by atoms with Crippen molar-refractivity contribution in [2.45, 2.75) is 72.6 Å². The molecule has 0 unspecified atom stereocenters. The molecule has 0 radical (unpaired) electrons. The summed E-state index contributed by atoms with van der Waals surface area (Å²) in [6.07, 6.45) is 0.890. The van der Waals surface area contributed by atoms with E-state index in [1.54, 1.807) is 10.6 Å². The summed E-state index contributed by atoms with van der Waals surface area (Å²) in [5.41, 5.74) is -0.760. The van der Waals surface area contributed by atoms with Crippen LogP contribution in [0.1, 0.15) is 67.0 Å².